The minimum atomic E-state index is -0.152. The summed E-state index contributed by atoms with van der Waals surface area (Å²) in [5, 5.41) is 22.9. The molecule has 6 nitrogen and oxygen atoms in total. The van der Waals surface area contributed by atoms with Gasteiger partial charge in [-0.15, -0.1) is 0 Å². The highest BCUT2D eigenvalue weighted by Crippen LogP contribution is 2.26. The first-order chi connectivity index (χ1) is 12.0. The quantitative estimate of drug-likeness (QED) is 0.811. The predicted octanol–water partition coefficient (Wildman–Crippen LogP) is 3.31. The van der Waals surface area contributed by atoms with E-state index in [0.29, 0.717) is 17.9 Å². The average Bonchev–Trinajstić information content (AvgIpc) is 3.04. The van der Waals surface area contributed by atoms with Crippen LogP contribution >= 0.6 is 0 Å². The van der Waals surface area contributed by atoms with Gasteiger partial charge in [0.1, 0.15) is 0 Å². The second kappa shape index (κ2) is 7.70. The number of hydrogen-bond donors (Lipinski definition) is 2. The summed E-state index contributed by atoms with van der Waals surface area (Å²) in [7, 11) is 0. The van der Waals surface area contributed by atoms with E-state index < -0.39 is 0 Å². The molecule has 1 saturated heterocycles. The maximum absolute atomic E-state index is 9.50. The van der Waals surface area contributed by atoms with Crippen LogP contribution in [0.2, 0.25) is 0 Å². The summed E-state index contributed by atoms with van der Waals surface area (Å²) in [5.41, 5.74) is 0.746. The molecule has 1 aliphatic rings. The fourth-order valence-electron chi connectivity index (χ4n) is 3.16. The molecule has 6 heteroatoms. The lowest BCUT2D eigenvalue weighted by Gasteiger charge is -2.34. The van der Waals surface area contributed by atoms with Crippen molar-refractivity contribution in [2.24, 2.45) is 5.92 Å². The molecule has 0 unspecified atom stereocenters. The number of hydrogen-bond acceptors (Lipinski definition) is 6. The Morgan fingerprint density at radius 1 is 1.20 bits per heavy atom. The molecule has 1 aliphatic heterocycles. The second-order valence-corrected chi connectivity index (χ2v) is 6.91. The van der Waals surface area contributed by atoms with Gasteiger partial charge in [-0.3, -0.25) is 0 Å². The van der Waals surface area contributed by atoms with Crippen LogP contribution in [0.25, 0.3) is 12.2 Å². The predicted molar refractivity (Wildman–Crippen MR) is 96.1 cm³/mol. The van der Waals surface area contributed by atoms with Gasteiger partial charge < -0.3 is 19.6 Å². The molecule has 2 aromatic rings. The van der Waals surface area contributed by atoms with E-state index in [4.69, 9.17) is 4.52 Å². The number of rotatable bonds is 5. The van der Waals surface area contributed by atoms with Crippen LogP contribution in [0.4, 0.5) is 0 Å². The first-order valence-corrected chi connectivity index (χ1v) is 8.78. The van der Waals surface area contributed by atoms with Crippen molar-refractivity contribution in [1.82, 2.24) is 15.0 Å². The molecular weight excluding hydrogens is 318 g/mol. The number of benzene rings is 1. The Morgan fingerprint density at radius 2 is 1.96 bits per heavy atom. The van der Waals surface area contributed by atoms with Crippen LogP contribution in [0.5, 0.6) is 11.5 Å². The fraction of sp³-hybridized carbons (Fsp3) is 0.474. The van der Waals surface area contributed by atoms with Gasteiger partial charge in [0.25, 0.3) is 5.89 Å². The molecule has 25 heavy (non-hydrogen) atoms. The van der Waals surface area contributed by atoms with E-state index in [9.17, 15) is 10.2 Å². The first kappa shape index (κ1) is 17.5. The number of aromatic nitrogens is 2. The van der Waals surface area contributed by atoms with Crippen LogP contribution in [-0.2, 0) is 6.42 Å². The van der Waals surface area contributed by atoms with Gasteiger partial charge in [0.2, 0.25) is 0 Å². The Hall–Kier alpha value is -2.34. The van der Waals surface area contributed by atoms with Gasteiger partial charge in [0.05, 0.1) is 0 Å². The summed E-state index contributed by atoms with van der Waals surface area (Å²) in [5.74, 6) is 1.51. The van der Waals surface area contributed by atoms with E-state index in [-0.39, 0.29) is 11.5 Å². The summed E-state index contributed by atoms with van der Waals surface area (Å²) in [6.45, 7) is 6.76. The van der Waals surface area contributed by atoms with E-state index in [1.807, 2.05) is 0 Å². The Morgan fingerprint density at radius 3 is 2.64 bits per heavy atom. The molecule has 0 spiro atoms. The standard InChI is InChI=1S/C19H25N3O3/c1-13(2)22-9-7-15(8-10-22)12-18-20-19(25-21-18)6-4-14-3-5-16(23)17(24)11-14/h3-6,11,13,15,23-24H,7-10,12H2,1-2H3. The van der Waals surface area contributed by atoms with Gasteiger partial charge in [-0.1, -0.05) is 11.2 Å². The number of piperidine rings is 1. The topological polar surface area (TPSA) is 82.6 Å². The van der Waals surface area contributed by atoms with E-state index in [1.165, 1.54) is 25.0 Å². The van der Waals surface area contributed by atoms with E-state index in [1.54, 1.807) is 18.2 Å². The van der Waals surface area contributed by atoms with Crippen LogP contribution in [0.15, 0.2) is 22.7 Å². The Bertz CT molecular complexity index is 731. The highest BCUT2D eigenvalue weighted by Gasteiger charge is 2.22. The third kappa shape index (κ3) is 4.60. The number of likely N-dealkylation sites (tertiary alicyclic amines) is 1. The lowest BCUT2D eigenvalue weighted by Crippen LogP contribution is -2.38. The maximum atomic E-state index is 9.50. The third-order valence-electron chi connectivity index (χ3n) is 4.75. The number of aromatic hydroxyl groups is 2. The smallest absolute Gasteiger partial charge is 0.250 e. The zero-order chi connectivity index (χ0) is 17.8. The maximum Gasteiger partial charge on any atom is 0.250 e. The number of phenolic OH excluding ortho intramolecular Hbond substituents is 2. The van der Waals surface area contributed by atoms with E-state index >= 15 is 0 Å². The highest BCUT2D eigenvalue weighted by molar-refractivity contribution is 5.67. The third-order valence-corrected chi connectivity index (χ3v) is 4.75. The molecule has 3 rings (SSSR count). The minimum Gasteiger partial charge on any atom is -0.504 e. The van der Waals surface area contributed by atoms with Crippen molar-refractivity contribution in [3.63, 3.8) is 0 Å². The van der Waals surface area contributed by atoms with Crippen molar-refractivity contribution in [1.29, 1.82) is 0 Å². The van der Waals surface area contributed by atoms with Crippen LogP contribution in [0.3, 0.4) is 0 Å². The average molecular weight is 343 g/mol. The van der Waals surface area contributed by atoms with Crippen LogP contribution < -0.4 is 0 Å². The number of nitrogens with zero attached hydrogens (tertiary/aromatic N) is 3. The Kier molecular flexibility index (Phi) is 5.38. The van der Waals surface area contributed by atoms with Gasteiger partial charge >= 0.3 is 0 Å². The zero-order valence-corrected chi connectivity index (χ0v) is 14.7. The van der Waals surface area contributed by atoms with Gasteiger partial charge in [0.15, 0.2) is 17.3 Å². The summed E-state index contributed by atoms with van der Waals surface area (Å²) >= 11 is 0. The van der Waals surface area contributed by atoms with Gasteiger partial charge in [0, 0.05) is 18.5 Å². The van der Waals surface area contributed by atoms with Crippen LogP contribution in [0.1, 0.15) is 44.0 Å². The Labute approximate surface area is 147 Å². The summed E-state index contributed by atoms with van der Waals surface area (Å²) < 4.78 is 5.27. The van der Waals surface area contributed by atoms with E-state index in [2.05, 4.69) is 28.9 Å². The molecule has 0 radical (unpaired) electrons. The summed E-state index contributed by atoms with van der Waals surface area (Å²) in [6, 6.07) is 5.23. The molecule has 2 heterocycles. The van der Waals surface area contributed by atoms with Crippen LogP contribution in [-0.4, -0.2) is 44.4 Å². The van der Waals surface area contributed by atoms with Gasteiger partial charge in [-0.2, -0.15) is 4.98 Å². The molecule has 0 saturated carbocycles. The monoisotopic (exact) mass is 343 g/mol. The Balaban J connectivity index is 1.55. The second-order valence-electron chi connectivity index (χ2n) is 6.91. The van der Waals surface area contributed by atoms with Crippen molar-refractivity contribution < 1.29 is 14.7 Å². The van der Waals surface area contributed by atoms with Gasteiger partial charge in [-0.25, -0.2) is 0 Å². The molecule has 2 N–H and O–H groups in total. The lowest BCUT2D eigenvalue weighted by molar-refractivity contribution is 0.148. The van der Waals surface area contributed by atoms with Crippen molar-refractivity contribution in [2.45, 2.75) is 39.2 Å². The summed E-state index contributed by atoms with van der Waals surface area (Å²) in [6.07, 6.45) is 6.67. The molecular formula is C19H25N3O3. The summed E-state index contributed by atoms with van der Waals surface area (Å²) in [4.78, 5) is 6.93. The zero-order valence-electron chi connectivity index (χ0n) is 14.7. The van der Waals surface area contributed by atoms with Crippen molar-refractivity contribution in [3.05, 3.63) is 35.5 Å². The van der Waals surface area contributed by atoms with Crippen molar-refractivity contribution >= 4 is 12.2 Å². The molecule has 134 valence electrons. The lowest BCUT2D eigenvalue weighted by atomic mass is 9.93. The molecule has 1 fully saturated rings. The van der Waals surface area contributed by atoms with Crippen LogP contribution in [0, 0.1) is 5.92 Å². The molecule has 0 aliphatic carbocycles. The normalized spacial score (nSPS) is 16.9. The molecule has 0 bridgehead atoms. The van der Waals surface area contributed by atoms with Crippen molar-refractivity contribution in [2.75, 3.05) is 13.1 Å². The SMILES string of the molecule is CC(C)N1CCC(Cc2noc(C=Cc3ccc(O)c(O)c3)n2)CC1. The van der Waals surface area contributed by atoms with Gasteiger partial charge in [-0.05, 0) is 69.5 Å². The molecule has 1 aromatic heterocycles. The van der Waals surface area contributed by atoms with Crippen molar-refractivity contribution in [3.8, 4) is 11.5 Å². The fourth-order valence-corrected chi connectivity index (χ4v) is 3.16. The molecule has 0 atom stereocenters. The molecule has 1 aromatic carbocycles. The minimum absolute atomic E-state index is 0.138. The first-order valence-electron chi connectivity index (χ1n) is 8.78. The highest BCUT2D eigenvalue weighted by atomic mass is 16.5. The molecule has 0 amide bonds. The number of phenols is 2. The van der Waals surface area contributed by atoms with E-state index in [0.717, 1.165) is 30.9 Å². The largest absolute Gasteiger partial charge is 0.504 e.